The van der Waals surface area contributed by atoms with E-state index in [2.05, 4.69) is 40.8 Å². The highest BCUT2D eigenvalue weighted by atomic mass is 35.5. The molecule has 2 heterocycles. The highest BCUT2D eigenvalue weighted by Gasteiger charge is 2.39. The summed E-state index contributed by atoms with van der Waals surface area (Å²) in [4.78, 5) is 18.1. The summed E-state index contributed by atoms with van der Waals surface area (Å²) < 4.78 is 0. The van der Waals surface area contributed by atoms with Gasteiger partial charge in [0, 0.05) is 49.7 Å². The van der Waals surface area contributed by atoms with Gasteiger partial charge in [-0.2, -0.15) is 0 Å². The van der Waals surface area contributed by atoms with Gasteiger partial charge >= 0.3 is 0 Å². The Bertz CT molecular complexity index is 627. The molecule has 0 bridgehead atoms. The van der Waals surface area contributed by atoms with Gasteiger partial charge in [0.05, 0.1) is 6.04 Å². The second-order valence-corrected chi connectivity index (χ2v) is 8.16. The van der Waals surface area contributed by atoms with E-state index in [9.17, 15) is 4.79 Å². The van der Waals surface area contributed by atoms with Crippen LogP contribution >= 0.6 is 11.6 Å². The maximum atomic E-state index is 13.4. The summed E-state index contributed by atoms with van der Waals surface area (Å²) in [5, 5.41) is 4.15. The van der Waals surface area contributed by atoms with E-state index in [1.54, 1.807) is 0 Å². The van der Waals surface area contributed by atoms with Gasteiger partial charge in [0.15, 0.2) is 0 Å². The first-order chi connectivity index (χ1) is 13.1. The van der Waals surface area contributed by atoms with Crippen molar-refractivity contribution in [3.05, 3.63) is 47.5 Å². The predicted molar refractivity (Wildman–Crippen MR) is 112 cm³/mol. The van der Waals surface area contributed by atoms with Crippen molar-refractivity contribution in [1.29, 1.82) is 0 Å². The Morgan fingerprint density at radius 1 is 1.26 bits per heavy atom. The highest BCUT2D eigenvalue weighted by Crippen LogP contribution is 2.38. The van der Waals surface area contributed by atoms with E-state index in [1.807, 2.05) is 18.2 Å². The standard InChI is InChI=1S/C22H32ClN3O/c1-3-5-18-8-11-21(17-6-9-19(23)10-7-17)26(22(18)27)20(4-2)16-25-14-12-24-13-15-25/h3,6-7,9-10,18,20-21,24H,1,4-5,8,11-16H2,2H3. The summed E-state index contributed by atoms with van der Waals surface area (Å²) in [5.74, 6) is 0.367. The van der Waals surface area contributed by atoms with Crippen molar-refractivity contribution in [2.45, 2.75) is 44.7 Å². The molecule has 0 aromatic heterocycles. The molecule has 0 saturated carbocycles. The molecule has 2 saturated heterocycles. The van der Waals surface area contributed by atoms with Crippen molar-refractivity contribution >= 4 is 17.5 Å². The first kappa shape index (κ1) is 20.4. The highest BCUT2D eigenvalue weighted by molar-refractivity contribution is 6.30. The van der Waals surface area contributed by atoms with Crippen molar-refractivity contribution in [3.8, 4) is 0 Å². The average molecular weight is 390 g/mol. The van der Waals surface area contributed by atoms with E-state index in [-0.39, 0.29) is 18.0 Å². The minimum absolute atomic E-state index is 0.0723. The van der Waals surface area contributed by atoms with Gasteiger partial charge in [-0.05, 0) is 43.4 Å². The number of piperazine rings is 1. The van der Waals surface area contributed by atoms with Crippen LogP contribution in [-0.4, -0.2) is 54.5 Å². The zero-order valence-corrected chi connectivity index (χ0v) is 17.1. The van der Waals surface area contributed by atoms with Gasteiger partial charge in [0.1, 0.15) is 0 Å². The smallest absolute Gasteiger partial charge is 0.226 e. The molecule has 0 radical (unpaired) electrons. The Balaban J connectivity index is 1.85. The van der Waals surface area contributed by atoms with Crippen molar-refractivity contribution in [2.75, 3.05) is 32.7 Å². The van der Waals surface area contributed by atoms with Crippen LogP contribution in [0.3, 0.4) is 0 Å². The second-order valence-electron chi connectivity index (χ2n) is 7.72. The van der Waals surface area contributed by atoms with E-state index < -0.39 is 0 Å². The Hall–Kier alpha value is -1.36. The van der Waals surface area contributed by atoms with Crippen LogP contribution in [0, 0.1) is 5.92 Å². The van der Waals surface area contributed by atoms with Crippen LogP contribution in [-0.2, 0) is 4.79 Å². The maximum Gasteiger partial charge on any atom is 0.226 e. The number of nitrogens with zero attached hydrogens (tertiary/aromatic N) is 2. The molecule has 2 fully saturated rings. The third kappa shape index (κ3) is 4.92. The number of carbonyl (C=O) groups is 1. The van der Waals surface area contributed by atoms with Crippen molar-refractivity contribution < 1.29 is 4.79 Å². The molecule has 148 valence electrons. The third-order valence-electron chi connectivity index (χ3n) is 5.98. The van der Waals surface area contributed by atoms with Gasteiger partial charge in [-0.3, -0.25) is 9.69 Å². The number of likely N-dealkylation sites (tertiary alicyclic amines) is 1. The van der Waals surface area contributed by atoms with Gasteiger partial charge in [-0.15, -0.1) is 6.58 Å². The summed E-state index contributed by atoms with van der Waals surface area (Å²) >= 11 is 6.09. The zero-order valence-electron chi connectivity index (χ0n) is 16.4. The van der Waals surface area contributed by atoms with Crippen LogP contribution in [0.1, 0.15) is 44.2 Å². The fraction of sp³-hybridized carbons (Fsp3) is 0.591. The first-order valence-electron chi connectivity index (χ1n) is 10.3. The lowest BCUT2D eigenvalue weighted by atomic mass is 9.85. The van der Waals surface area contributed by atoms with Gasteiger partial charge in [0.2, 0.25) is 5.91 Å². The number of rotatable bonds is 7. The molecule has 2 aliphatic rings. The minimum Gasteiger partial charge on any atom is -0.331 e. The SMILES string of the molecule is C=CCC1CCC(c2ccc(Cl)cc2)N(C(CC)CN2CCNCC2)C1=O. The molecule has 3 atom stereocenters. The van der Waals surface area contributed by atoms with E-state index in [0.717, 1.165) is 63.4 Å². The molecular weight excluding hydrogens is 358 g/mol. The fourth-order valence-corrected chi connectivity index (χ4v) is 4.58. The Kier molecular flexibility index (Phi) is 7.33. The number of carbonyl (C=O) groups excluding carboxylic acids is 1. The van der Waals surface area contributed by atoms with Crippen molar-refractivity contribution in [1.82, 2.24) is 15.1 Å². The topological polar surface area (TPSA) is 35.6 Å². The minimum atomic E-state index is 0.0723. The molecule has 2 aliphatic heterocycles. The van der Waals surface area contributed by atoms with Crippen LogP contribution in [0.2, 0.25) is 5.02 Å². The van der Waals surface area contributed by atoms with Crippen LogP contribution in [0.4, 0.5) is 0 Å². The molecular formula is C22H32ClN3O. The van der Waals surface area contributed by atoms with E-state index in [4.69, 9.17) is 11.6 Å². The lowest BCUT2D eigenvalue weighted by molar-refractivity contribution is -0.146. The Labute approximate surface area is 168 Å². The molecule has 3 rings (SSSR count). The molecule has 1 aromatic carbocycles. The third-order valence-corrected chi connectivity index (χ3v) is 6.23. The van der Waals surface area contributed by atoms with Crippen molar-refractivity contribution in [3.63, 3.8) is 0 Å². The lowest BCUT2D eigenvalue weighted by Gasteiger charge is -2.45. The number of amides is 1. The maximum absolute atomic E-state index is 13.4. The molecule has 27 heavy (non-hydrogen) atoms. The Morgan fingerprint density at radius 3 is 2.59 bits per heavy atom. The van der Waals surface area contributed by atoms with E-state index >= 15 is 0 Å². The number of benzene rings is 1. The number of allylic oxidation sites excluding steroid dienone is 1. The second kappa shape index (κ2) is 9.72. The molecule has 1 N–H and O–H groups in total. The fourth-order valence-electron chi connectivity index (χ4n) is 4.46. The van der Waals surface area contributed by atoms with E-state index in [1.165, 1.54) is 5.56 Å². The molecule has 1 amide bonds. The number of hydrogen-bond donors (Lipinski definition) is 1. The molecule has 5 heteroatoms. The number of nitrogens with one attached hydrogen (secondary N) is 1. The summed E-state index contributed by atoms with van der Waals surface area (Å²) in [6.45, 7) is 11.2. The molecule has 1 aromatic rings. The van der Waals surface area contributed by atoms with Crippen LogP contribution in [0.5, 0.6) is 0 Å². The predicted octanol–water partition coefficient (Wildman–Crippen LogP) is 3.88. The monoisotopic (exact) mass is 389 g/mol. The number of halogens is 1. The average Bonchev–Trinajstić information content (AvgIpc) is 2.69. The zero-order chi connectivity index (χ0) is 19.2. The van der Waals surface area contributed by atoms with Gasteiger partial charge < -0.3 is 10.2 Å². The van der Waals surface area contributed by atoms with Gasteiger partial charge in [0.25, 0.3) is 0 Å². The summed E-state index contributed by atoms with van der Waals surface area (Å²) in [6, 6.07) is 8.42. The van der Waals surface area contributed by atoms with Crippen LogP contribution in [0.15, 0.2) is 36.9 Å². The Morgan fingerprint density at radius 2 is 1.96 bits per heavy atom. The van der Waals surface area contributed by atoms with Crippen molar-refractivity contribution in [2.24, 2.45) is 5.92 Å². The summed E-state index contributed by atoms with van der Waals surface area (Å²) in [6.07, 6.45) is 5.57. The summed E-state index contributed by atoms with van der Waals surface area (Å²) in [5.41, 5.74) is 1.20. The number of piperidine rings is 1. The molecule has 0 aliphatic carbocycles. The molecule has 3 unspecified atom stereocenters. The lowest BCUT2D eigenvalue weighted by Crippen LogP contribution is -2.54. The van der Waals surface area contributed by atoms with E-state index in [0.29, 0.717) is 5.91 Å². The number of hydrogen-bond acceptors (Lipinski definition) is 3. The quantitative estimate of drug-likeness (QED) is 0.719. The molecule has 4 nitrogen and oxygen atoms in total. The van der Waals surface area contributed by atoms with Crippen LogP contribution in [0.25, 0.3) is 0 Å². The first-order valence-corrected chi connectivity index (χ1v) is 10.6. The molecule has 0 spiro atoms. The largest absolute Gasteiger partial charge is 0.331 e. The normalized spacial score (nSPS) is 25.4. The van der Waals surface area contributed by atoms with Gasteiger partial charge in [-0.1, -0.05) is 36.7 Å². The summed E-state index contributed by atoms with van der Waals surface area (Å²) in [7, 11) is 0. The van der Waals surface area contributed by atoms with Crippen LogP contribution < -0.4 is 5.32 Å². The van der Waals surface area contributed by atoms with Gasteiger partial charge in [-0.25, -0.2) is 0 Å².